The number of nitrogens with zero attached hydrogens (tertiary/aromatic N) is 2. The average molecular weight is 364 g/mol. The molecular formula is C12H16Br2N2O. The van der Waals surface area contributed by atoms with Crippen LogP contribution in [-0.4, -0.2) is 14.9 Å². The second-order valence-electron chi connectivity index (χ2n) is 4.89. The van der Waals surface area contributed by atoms with Gasteiger partial charge in [-0.05, 0) is 41.1 Å². The van der Waals surface area contributed by atoms with Crippen molar-refractivity contribution in [1.82, 2.24) is 9.55 Å². The van der Waals surface area contributed by atoms with Crippen molar-refractivity contribution in [2.75, 3.05) is 5.33 Å². The summed E-state index contributed by atoms with van der Waals surface area (Å²) in [5.74, 6) is 0.797. The monoisotopic (exact) mass is 362 g/mol. The predicted octanol–water partition coefficient (Wildman–Crippen LogP) is 3.27. The average Bonchev–Trinajstić information content (AvgIpc) is 2.79. The molecule has 0 bridgehead atoms. The van der Waals surface area contributed by atoms with Crippen LogP contribution in [0.4, 0.5) is 0 Å². The molecule has 94 valence electrons. The summed E-state index contributed by atoms with van der Waals surface area (Å²) in [4.78, 5) is 16.3. The molecule has 3 nitrogen and oxygen atoms in total. The lowest BCUT2D eigenvalue weighted by Gasteiger charge is -2.28. The van der Waals surface area contributed by atoms with E-state index in [9.17, 15) is 4.79 Å². The lowest BCUT2D eigenvalue weighted by Crippen LogP contribution is -2.33. The molecule has 1 saturated carbocycles. The van der Waals surface area contributed by atoms with Gasteiger partial charge in [0.25, 0.3) is 5.56 Å². The number of hydrogen-bond donors (Lipinski definition) is 0. The van der Waals surface area contributed by atoms with Crippen LogP contribution in [0.25, 0.3) is 0 Å². The van der Waals surface area contributed by atoms with Gasteiger partial charge >= 0.3 is 0 Å². The van der Waals surface area contributed by atoms with E-state index in [2.05, 4.69) is 36.8 Å². The quantitative estimate of drug-likeness (QED) is 0.772. The Bertz CT molecular complexity index is 464. The van der Waals surface area contributed by atoms with Crippen molar-refractivity contribution in [3.63, 3.8) is 0 Å². The van der Waals surface area contributed by atoms with Gasteiger partial charge in [-0.2, -0.15) is 0 Å². The first-order valence-corrected chi connectivity index (χ1v) is 7.77. The Balaban J connectivity index is 2.35. The zero-order valence-electron chi connectivity index (χ0n) is 9.88. The van der Waals surface area contributed by atoms with E-state index in [-0.39, 0.29) is 11.0 Å². The second kappa shape index (κ2) is 5.22. The van der Waals surface area contributed by atoms with Crippen molar-refractivity contribution in [3.8, 4) is 0 Å². The van der Waals surface area contributed by atoms with Gasteiger partial charge in [-0.25, -0.2) is 4.98 Å². The van der Waals surface area contributed by atoms with Crippen molar-refractivity contribution in [3.05, 3.63) is 26.8 Å². The van der Waals surface area contributed by atoms with Gasteiger partial charge in [0.15, 0.2) is 0 Å². The van der Waals surface area contributed by atoms with Crippen LogP contribution in [0, 0.1) is 12.3 Å². The van der Waals surface area contributed by atoms with Gasteiger partial charge < -0.3 is 0 Å². The van der Waals surface area contributed by atoms with Crippen LogP contribution in [-0.2, 0) is 6.54 Å². The highest BCUT2D eigenvalue weighted by Crippen LogP contribution is 2.40. The third kappa shape index (κ3) is 2.65. The van der Waals surface area contributed by atoms with Crippen LogP contribution in [0.2, 0.25) is 0 Å². The summed E-state index contributed by atoms with van der Waals surface area (Å²) in [5, 5.41) is 0.957. The van der Waals surface area contributed by atoms with Gasteiger partial charge in [0, 0.05) is 18.1 Å². The maximum atomic E-state index is 12.1. The fourth-order valence-corrected chi connectivity index (χ4v) is 3.59. The van der Waals surface area contributed by atoms with Crippen molar-refractivity contribution in [2.45, 2.75) is 39.2 Å². The molecule has 1 aliphatic rings. The molecule has 0 unspecified atom stereocenters. The Morgan fingerprint density at radius 1 is 1.47 bits per heavy atom. The van der Waals surface area contributed by atoms with E-state index in [4.69, 9.17) is 0 Å². The topological polar surface area (TPSA) is 34.9 Å². The lowest BCUT2D eigenvalue weighted by molar-refractivity contribution is 0.283. The standard InChI is InChI=1S/C12H16Br2N2O/c1-9-15-6-10(14)11(17)16(9)8-12(7-13)4-2-3-5-12/h6H,2-5,7-8H2,1H3. The maximum absolute atomic E-state index is 12.1. The molecule has 0 saturated heterocycles. The van der Waals surface area contributed by atoms with Gasteiger partial charge in [0.2, 0.25) is 0 Å². The highest BCUT2D eigenvalue weighted by Gasteiger charge is 2.33. The Morgan fingerprint density at radius 2 is 2.12 bits per heavy atom. The number of aryl methyl sites for hydroxylation is 1. The van der Waals surface area contributed by atoms with Gasteiger partial charge in [-0.15, -0.1) is 0 Å². The van der Waals surface area contributed by atoms with E-state index in [0.29, 0.717) is 4.47 Å². The minimum absolute atomic E-state index is 0.0322. The van der Waals surface area contributed by atoms with Crippen LogP contribution in [0.1, 0.15) is 31.5 Å². The fourth-order valence-electron chi connectivity index (χ4n) is 2.53. The molecule has 0 radical (unpaired) electrons. The molecule has 1 aromatic heterocycles. The van der Waals surface area contributed by atoms with Crippen molar-refractivity contribution >= 4 is 31.9 Å². The van der Waals surface area contributed by atoms with Gasteiger partial charge in [0.05, 0.1) is 0 Å². The normalized spacial score (nSPS) is 18.5. The molecule has 0 atom stereocenters. The Morgan fingerprint density at radius 3 is 2.71 bits per heavy atom. The summed E-state index contributed by atoms with van der Waals surface area (Å²) >= 11 is 6.87. The van der Waals surface area contributed by atoms with E-state index in [0.717, 1.165) is 17.7 Å². The molecular weight excluding hydrogens is 348 g/mol. The summed E-state index contributed by atoms with van der Waals surface area (Å²) in [6.07, 6.45) is 6.50. The first kappa shape index (κ1) is 13.3. The highest BCUT2D eigenvalue weighted by molar-refractivity contribution is 9.10. The zero-order valence-corrected chi connectivity index (χ0v) is 13.1. The minimum atomic E-state index is 0.0322. The first-order valence-electron chi connectivity index (χ1n) is 5.86. The predicted molar refractivity (Wildman–Crippen MR) is 75.6 cm³/mol. The lowest BCUT2D eigenvalue weighted by atomic mass is 9.88. The third-order valence-electron chi connectivity index (χ3n) is 3.65. The number of hydrogen-bond acceptors (Lipinski definition) is 2. The molecule has 1 aromatic rings. The summed E-state index contributed by atoms with van der Waals surface area (Å²) in [6, 6.07) is 0. The number of rotatable bonds is 3. The van der Waals surface area contributed by atoms with Crippen LogP contribution in [0.5, 0.6) is 0 Å². The molecule has 0 spiro atoms. The Hall–Kier alpha value is -0.160. The molecule has 17 heavy (non-hydrogen) atoms. The largest absolute Gasteiger partial charge is 0.295 e. The number of alkyl halides is 1. The van der Waals surface area contributed by atoms with E-state index in [1.807, 2.05) is 6.92 Å². The Kier molecular flexibility index (Phi) is 4.08. The van der Waals surface area contributed by atoms with Crippen LogP contribution < -0.4 is 5.56 Å². The molecule has 1 fully saturated rings. The van der Waals surface area contributed by atoms with Crippen molar-refractivity contribution in [2.24, 2.45) is 5.41 Å². The summed E-state index contributed by atoms with van der Waals surface area (Å²) < 4.78 is 2.35. The molecule has 0 aromatic carbocycles. The van der Waals surface area contributed by atoms with Crippen LogP contribution in [0.3, 0.4) is 0 Å². The van der Waals surface area contributed by atoms with E-state index in [1.54, 1.807) is 10.8 Å². The fraction of sp³-hybridized carbons (Fsp3) is 0.667. The SMILES string of the molecule is Cc1ncc(Br)c(=O)n1CC1(CBr)CCCC1. The molecule has 1 heterocycles. The summed E-state index contributed by atoms with van der Waals surface area (Å²) in [5.41, 5.74) is 0.265. The van der Waals surface area contributed by atoms with Crippen molar-refractivity contribution < 1.29 is 0 Å². The van der Waals surface area contributed by atoms with E-state index >= 15 is 0 Å². The molecule has 0 N–H and O–H groups in total. The highest BCUT2D eigenvalue weighted by atomic mass is 79.9. The summed E-state index contributed by atoms with van der Waals surface area (Å²) in [7, 11) is 0. The van der Waals surface area contributed by atoms with Gasteiger partial charge in [-0.1, -0.05) is 28.8 Å². The molecule has 0 amide bonds. The van der Waals surface area contributed by atoms with E-state index in [1.165, 1.54) is 25.7 Å². The summed E-state index contributed by atoms with van der Waals surface area (Å²) in [6.45, 7) is 2.67. The smallest absolute Gasteiger partial charge is 0.267 e. The molecule has 2 rings (SSSR count). The number of halogens is 2. The number of aromatic nitrogens is 2. The van der Waals surface area contributed by atoms with Crippen molar-refractivity contribution in [1.29, 1.82) is 0 Å². The third-order valence-corrected chi connectivity index (χ3v) is 5.38. The minimum Gasteiger partial charge on any atom is -0.295 e. The molecule has 1 aliphatic carbocycles. The van der Waals surface area contributed by atoms with E-state index < -0.39 is 0 Å². The molecule has 5 heteroatoms. The van der Waals surface area contributed by atoms with Crippen LogP contribution in [0.15, 0.2) is 15.5 Å². The molecule has 0 aliphatic heterocycles. The Labute approximate surface area is 118 Å². The first-order chi connectivity index (χ1) is 8.08. The van der Waals surface area contributed by atoms with Gasteiger partial charge in [-0.3, -0.25) is 9.36 Å². The maximum Gasteiger partial charge on any atom is 0.267 e. The van der Waals surface area contributed by atoms with Gasteiger partial charge in [0.1, 0.15) is 10.3 Å². The second-order valence-corrected chi connectivity index (χ2v) is 6.30. The zero-order chi connectivity index (χ0) is 12.5. The van der Waals surface area contributed by atoms with Crippen LogP contribution >= 0.6 is 31.9 Å².